The lowest BCUT2D eigenvalue weighted by atomic mass is 10.0. The molecule has 1 amide bonds. The van der Waals surface area contributed by atoms with Gasteiger partial charge in [0.2, 0.25) is 0 Å². The van der Waals surface area contributed by atoms with Gasteiger partial charge in [0.25, 0.3) is 23.0 Å². The number of benzene rings is 3. The predicted molar refractivity (Wildman–Crippen MR) is 137 cm³/mol. The average Bonchev–Trinajstić information content (AvgIpc) is 3.26. The number of nitrogens with one attached hydrogen (secondary N) is 1. The van der Waals surface area contributed by atoms with Gasteiger partial charge in [-0.05, 0) is 43.2 Å². The highest BCUT2D eigenvalue weighted by atomic mass is 32.1. The molecule has 12 nitrogen and oxygen atoms in total. The summed E-state index contributed by atoms with van der Waals surface area (Å²) in [6.45, 7) is 3.84. The van der Waals surface area contributed by atoms with Crippen molar-refractivity contribution in [3.05, 3.63) is 108 Å². The standard InChI is InChI=1S/C24H17N5O7S/c1-13-3-9-18(14(2)11-13)21-22(15-4-6-16(7-5-15)27(31)32)37-24(25-21)26-23(30)19-10-8-17(28(33)34)12-20(19)29(35)36/h3-12H,1-2H3,(H,25,26,30). The Bertz CT molecular complexity index is 1580. The van der Waals surface area contributed by atoms with Crippen LogP contribution in [0, 0.1) is 44.2 Å². The van der Waals surface area contributed by atoms with Crippen LogP contribution in [-0.4, -0.2) is 25.7 Å². The number of nitro groups is 3. The molecule has 4 aromatic rings. The monoisotopic (exact) mass is 519 g/mol. The van der Waals surface area contributed by atoms with Gasteiger partial charge >= 0.3 is 0 Å². The number of hydrogen-bond donors (Lipinski definition) is 1. The lowest BCUT2D eigenvalue weighted by Crippen LogP contribution is -2.14. The molecule has 1 N–H and O–H groups in total. The van der Waals surface area contributed by atoms with Gasteiger partial charge in [0.15, 0.2) is 5.13 Å². The molecule has 37 heavy (non-hydrogen) atoms. The maximum absolute atomic E-state index is 13.0. The molecule has 0 spiro atoms. The molecule has 0 radical (unpaired) electrons. The summed E-state index contributed by atoms with van der Waals surface area (Å²) in [6, 6.07) is 14.4. The van der Waals surface area contributed by atoms with Crippen molar-refractivity contribution < 1.29 is 19.6 Å². The molecule has 0 saturated carbocycles. The van der Waals surface area contributed by atoms with Crippen molar-refractivity contribution in [2.24, 2.45) is 0 Å². The van der Waals surface area contributed by atoms with E-state index in [1.165, 1.54) is 12.1 Å². The molecule has 0 bridgehead atoms. The fraction of sp³-hybridized carbons (Fsp3) is 0.0833. The summed E-state index contributed by atoms with van der Waals surface area (Å²) < 4.78 is 0. The normalized spacial score (nSPS) is 10.6. The quantitative estimate of drug-likeness (QED) is 0.226. The van der Waals surface area contributed by atoms with Crippen LogP contribution < -0.4 is 5.32 Å². The minimum atomic E-state index is -0.868. The summed E-state index contributed by atoms with van der Waals surface area (Å²) in [4.78, 5) is 49.5. The summed E-state index contributed by atoms with van der Waals surface area (Å²) >= 11 is 1.09. The number of nitro benzene ring substituents is 3. The van der Waals surface area contributed by atoms with Crippen LogP contribution >= 0.6 is 11.3 Å². The van der Waals surface area contributed by atoms with Crippen LogP contribution in [0.3, 0.4) is 0 Å². The zero-order valence-electron chi connectivity index (χ0n) is 19.3. The van der Waals surface area contributed by atoms with Gasteiger partial charge in [0.1, 0.15) is 5.56 Å². The van der Waals surface area contributed by atoms with Gasteiger partial charge in [-0.1, -0.05) is 35.1 Å². The van der Waals surface area contributed by atoms with Gasteiger partial charge in [-0.3, -0.25) is 40.5 Å². The third-order valence-corrected chi connectivity index (χ3v) is 6.48. The summed E-state index contributed by atoms with van der Waals surface area (Å²) in [5, 5.41) is 36.2. The van der Waals surface area contributed by atoms with E-state index in [1.54, 1.807) is 12.1 Å². The lowest BCUT2D eigenvalue weighted by molar-refractivity contribution is -0.394. The molecule has 13 heteroatoms. The van der Waals surface area contributed by atoms with E-state index in [0.29, 0.717) is 16.1 Å². The van der Waals surface area contributed by atoms with Gasteiger partial charge in [0.05, 0.1) is 31.4 Å². The second-order valence-corrected chi connectivity index (χ2v) is 8.99. The Morgan fingerprint density at radius 2 is 1.49 bits per heavy atom. The van der Waals surface area contributed by atoms with Gasteiger partial charge in [0, 0.05) is 23.8 Å². The Hall–Kier alpha value is -5.04. The van der Waals surface area contributed by atoms with Crippen LogP contribution in [0.2, 0.25) is 0 Å². The first-order valence-electron chi connectivity index (χ1n) is 10.6. The van der Waals surface area contributed by atoms with Crippen LogP contribution in [0.1, 0.15) is 21.5 Å². The third-order valence-electron chi connectivity index (χ3n) is 5.46. The lowest BCUT2D eigenvalue weighted by Gasteiger charge is -2.07. The van der Waals surface area contributed by atoms with Crippen molar-refractivity contribution in [1.29, 1.82) is 0 Å². The number of aromatic nitrogens is 1. The van der Waals surface area contributed by atoms with Crippen molar-refractivity contribution in [1.82, 2.24) is 4.98 Å². The molecule has 4 rings (SSSR count). The number of hydrogen-bond acceptors (Lipinski definition) is 9. The zero-order valence-corrected chi connectivity index (χ0v) is 20.1. The molecule has 3 aromatic carbocycles. The zero-order chi connectivity index (χ0) is 26.9. The van der Waals surface area contributed by atoms with Crippen molar-refractivity contribution in [3.8, 4) is 21.7 Å². The molecule has 0 atom stereocenters. The number of nitrogens with zero attached hydrogens (tertiary/aromatic N) is 4. The molecule has 0 aliphatic heterocycles. The smallest absolute Gasteiger partial charge is 0.289 e. The molecular formula is C24H17N5O7S. The minimum absolute atomic E-state index is 0.0830. The first kappa shape index (κ1) is 25.1. The summed E-state index contributed by atoms with van der Waals surface area (Å²) in [5.41, 5.74) is 2.19. The van der Waals surface area contributed by atoms with Crippen molar-refractivity contribution >= 4 is 39.4 Å². The molecule has 0 aliphatic rings. The van der Waals surface area contributed by atoms with Crippen LogP contribution in [0.5, 0.6) is 0 Å². The average molecular weight is 519 g/mol. The van der Waals surface area contributed by atoms with Crippen molar-refractivity contribution in [3.63, 3.8) is 0 Å². The van der Waals surface area contributed by atoms with E-state index in [0.717, 1.165) is 46.2 Å². The number of aryl methyl sites for hydroxylation is 2. The number of thiazole rings is 1. The number of rotatable bonds is 7. The topological polar surface area (TPSA) is 171 Å². The van der Waals surface area contributed by atoms with E-state index in [1.807, 2.05) is 32.0 Å². The first-order valence-corrected chi connectivity index (χ1v) is 11.4. The first-order chi connectivity index (χ1) is 17.5. The summed E-state index contributed by atoms with van der Waals surface area (Å²) in [7, 11) is 0. The highest BCUT2D eigenvalue weighted by molar-refractivity contribution is 7.19. The number of anilines is 1. The van der Waals surface area contributed by atoms with Gasteiger partial charge in [-0.15, -0.1) is 0 Å². The van der Waals surface area contributed by atoms with Crippen LogP contribution in [0.4, 0.5) is 22.2 Å². The Kier molecular flexibility index (Phi) is 6.71. The molecule has 186 valence electrons. The van der Waals surface area contributed by atoms with E-state index in [9.17, 15) is 35.1 Å². The molecule has 0 fully saturated rings. The van der Waals surface area contributed by atoms with Crippen LogP contribution in [0.15, 0.2) is 60.7 Å². The SMILES string of the molecule is Cc1ccc(-c2nc(NC(=O)c3ccc([N+](=O)[O-])cc3[N+](=O)[O-])sc2-c2ccc([N+](=O)[O-])cc2)c(C)c1. The van der Waals surface area contributed by atoms with E-state index < -0.39 is 32.1 Å². The van der Waals surface area contributed by atoms with E-state index in [-0.39, 0.29) is 16.4 Å². The Morgan fingerprint density at radius 3 is 2.08 bits per heavy atom. The van der Waals surface area contributed by atoms with Crippen LogP contribution in [0.25, 0.3) is 21.7 Å². The molecule has 0 unspecified atom stereocenters. The second-order valence-electron chi connectivity index (χ2n) is 7.99. The molecule has 0 saturated heterocycles. The van der Waals surface area contributed by atoms with Crippen molar-refractivity contribution in [2.75, 3.05) is 5.32 Å². The van der Waals surface area contributed by atoms with E-state index in [2.05, 4.69) is 10.3 Å². The third kappa shape index (κ3) is 5.16. The molecule has 1 aromatic heterocycles. The highest BCUT2D eigenvalue weighted by Gasteiger charge is 2.26. The molecular weight excluding hydrogens is 502 g/mol. The Balaban J connectivity index is 1.78. The number of carbonyl (C=O) groups excluding carboxylic acids is 1. The van der Waals surface area contributed by atoms with Gasteiger partial charge < -0.3 is 0 Å². The fourth-order valence-corrected chi connectivity index (χ4v) is 4.69. The number of carbonyl (C=O) groups is 1. The largest absolute Gasteiger partial charge is 0.298 e. The van der Waals surface area contributed by atoms with Crippen LogP contribution in [-0.2, 0) is 0 Å². The number of non-ortho nitro benzene ring substituents is 2. The van der Waals surface area contributed by atoms with Crippen molar-refractivity contribution in [2.45, 2.75) is 13.8 Å². The van der Waals surface area contributed by atoms with E-state index in [4.69, 9.17) is 0 Å². The Labute approximate surface area is 212 Å². The summed E-state index contributed by atoms with van der Waals surface area (Å²) in [5.74, 6) is -0.863. The van der Waals surface area contributed by atoms with E-state index >= 15 is 0 Å². The maximum atomic E-state index is 13.0. The Morgan fingerprint density at radius 1 is 0.838 bits per heavy atom. The minimum Gasteiger partial charge on any atom is -0.298 e. The van der Waals surface area contributed by atoms with Gasteiger partial charge in [-0.2, -0.15) is 0 Å². The molecule has 0 aliphatic carbocycles. The maximum Gasteiger partial charge on any atom is 0.289 e. The second kappa shape index (κ2) is 9.91. The van der Waals surface area contributed by atoms with Gasteiger partial charge in [-0.25, -0.2) is 4.98 Å². The predicted octanol–water partition coefficient (Wildman–Crippen LogP) is 6.07. The fourth-order valence-electron chi connectivity index (χ4n) is 3.71. The summed E-state index contributed by atoms with van der Waals surface area (Å²) in [6.07, 6.45) is 0. The molecule has 1 heterocycles. The highest BCUT2D eigenvalue weighted by Crippen LogP contribution is 2.41. The number of amides is 1.